The van der Waals surface area contributed by atoms with Crippen LogP contribution in [0.1, 0.15) is 0 Å². The molecule has 1 fully saturated rings. The van der Waals surface area contributed by atoms with Crippen molar-refractivity contribution in [3.05, 3.63) is 24.0 Å². The van der Waals surface area contributed by atoms with Crippen molar-refractivity contribution in [2.45, 2.75) is 12.3 Å². The van der Waals surface area contributed by atoms with E-state index in [1.807, 2.05) is 0 Å². The van der Waals surface area contributed by atoms with Crippen molar-refractivity contribution in [1.29, 1.82) is 0 Å². The molecule has 0 saturated carbocycles. The van der Waals surface area contributed by atoms with E-state index in [4.69, 9.17) is 4.74 Å². The van der Waals surface area contributed by atoms with Crippen LogP contribution in [0.25, 0.3) is 0 Å². The van der Waals surface area contributed by atoms with Crippen LogP contribution >= 0.6 is 0 Å². The van der Waals surface area contributed by atoms with Crippen LogP contribution in [0.3, 0.4) is 0 Å². The van der Waals surface area contributed by atoms with Crippen molar-refractivity contribution in [2.75, 3.05) is 31.6 Å². The first-order valence-corrected chi connectivity index (χ1v) is 6.47. The maximum atomic E-state index is 13.2. The minimum absolute atomic E-state index is 0.0511. The molecular formula is C13H14F4N2O3. The summed E-state index contributed by atoms with van der Waals surface area (Å²) < 4.78 is 59.5. The second-order valence-electron chi connectivity index (χ2n) is 4.60. The van der Waals surface area contributed by atoms with Gasteiger partial charge in [0, 0.05) is 19.2 Å². The Morgan fingerprint density at radius 2 is 2.23 bits per heavy atom. The lowest BCUT2D eigenvalue weighted by Crippen LogP contribution is -2.45. The largest absolute Gasteiger partial charge is 0.482 e. The molecule has 0 radical (unpaired) electrons. The van der Waals surface area contributed by atoms with Gasteiger partial charge in [-0.3, -0.25) is 4.79 Å². The van der Waals surface area contributed by atoms with Crippen LogP contribution in [-0.4, -0.2) is 44.5 Å². The normalized spacial score (nSPS) is 18.8. The van der Waals surface area contributed by atoms with E-state index in [2.05, 4.69) is 15.4 Å². The van der Waals surface area contributed by atoms with Crippen molar-refractivity contribution in [2.24, 2.45) is 0 Å². The predicted molar refractivity (Wildman–Crippen MR) is 69.2 cm³/mol. The Balaban J connectivity index is 2.07. The second-order valence-corrected chi connectivity index (χ2v) is 4.60. The van der Waals surface area contributed by atoms with Crippen molar-refractivity contribution in [1.82, 2.24) is 5.32 Å². The summed E-state index contributed by atoms with van der Waals surface area (Å²) in [6, 6.07) is 2.92. The molecule has 1 saturated heterocycles. The standard InChI is InChI=1S/C13H14F4N2O3/c14-8-1-2-9(10(5-8)22-7-13(15,16)17)19-12(20)11-6-18-3-4-21-11/h1-2,5,11,18H,3-4,6-7H2,(H,19,20). The first-order chi connectivity index (χ1) is 10.3. The summed E-state index contributed by atoms with van der Waals surface area (Å²) in [5.41, 5.74) is -0.0511. The Labute approximate surface area is 123 Å². The molecule has 1 heterocycles. The summed E-state index contributed by atoms with van der Waals surface area (Å²) in [4.78, 5) is 12.0. The average molecular weight is 322 g/mol. The van der Waals surface area contributed by atoms with Crippen LogP contribution in [0.4, 0.5) is 23.2 Å². The number of hydrogen-bond acceptors (Lipinski definition) is 4. The summed E-state index contributed by atoms with van der Waals surface area (Å²) in [5, 5.41) is 5.33. The Bertz CT molecular complexity index is 531. The van der Waals surface area contributed by atoms with Gasteiger partial charge in [-0.05, 0) is 12.1 Å². The van der Waals surface area contributed by atoms with Crippen molar-refractivity contribution in [3.8, 4) is 5.75 Å². The van der Waals surface area contributed by atoms with E-state index in [1.54, 1.807) is 0 Å². The number of morpholine rings is 1. The molecule has 1 aliphatic rings. The summed E-state index contributed by atoms with van der Waals surface area (Å²) in [6.07, 6.45) is -5.33. The van der Waals surface area contributed by atoms with Gasteiger partial charge < -0.3 is 20.1 Å². The van der Waals surface area contributed by atoms with Crippen LogP contribution in [0, 0.1) is 5.82 Å². The fourth-order valence-electron chi connectivity index (χ4n) is 1.83. The maximum absolute atomic E-state index is 13.2. The number of benzene rings is 1. The van der Waals surface area contributed by atoms with Gasteiger partial charge in [-0.25, -0.2) is 4.39 Å². The van der Waals surface area contributed by atoms with E-state index < -0.39 is 36.4 Å². The van der Waals surface area contributed by atoms with Crippen LogP contribution < -0.4 is 15.4 Å². The summed E-state index contributed by atoms with van der Waals surface area (Å²) in [5.74, 6) is -1.71. The lowest BCUT2D eigenvalue weighted by Gasteiger charge is -2.23. The zero-order valence-electron chi connectivity index (χ0n) is 11.4. The van der Waals surface area contributed by atoms with Gasteiger partial charge in [0.1, 0.15) is 17.7 Å². The topological polar surface area (TPSA) is 59.6 Å². The monoisotopic (exact) mass is 322 g/mol. The number of carbonyl (C=O) groups is 1. The number of carbonyl (C=O) groups excluding carboxylic acids is 1. The molecule has 0 bridgehead atoms. The van der Waals surface area contributed by atoms with E-state index in [1.165, 1.54) is 0 Å². The smallest absolute Gasteiger partial charge is 0.422 e. The van der Waals surface area contributed by atoms with Crippen molar-refractivity contribution in [3.63, 3.8) is 0 Å². The van der Waals surface area contributed by atoms with Crippen molar-refractivity contribution >= 4 is 11.6 Å². The van der Waals surface area contributed by atoms with Crippen LogP contribution in [0.5, 0.6) is 5.75 Å². The summed E-state index contributed by atoms with van der Waals surface area (Å²) >= 11 is 0. The van der Waals surface area contributed by atoms with Crippen molar-refractivity contribution < 1.29 is 31.8 Å². The Morgan fingerprint density at radius 1 is 1.45 bits per heavy atom. The zero-order valence-corrected chi connectivity index (χ0v) is 11.4. The lowest BCUT2D eigenvalue weighted by molar-refractivity contribution is -0.153. The van der Waals surface area contributed by atoms with Gasteiger partial charge in [0.25, 0.3) is 5.91 Å². The molecule has 0 aliphatic carbocycles. The van der Waals surface area contributed by atoms with Gasteiger partial charge in [-0.2, -0.15) is 13.2 Å². The molecule has 0 spiro atoms. The number of alkyl halides is 3. The highest BCUT2D eigenvalue weighted by Crippen LogP contribution is 2.28. The Kier molecular flexibility index (Phi) is 5.19. The van der Waals surface area contributed by atoms with Crippen LogP contribution in [0.15, 0.2) is 18.2 Å². The highest BCUT2D eigenvalue weighted by atomic mass is 19.4. The molecular weight excluding hydrogens is 308 g/mol. The maximum Gasteiger partial charge on any atom is 0.422 e. The summed E-state index contributed by atoms with van der Waals surface area (Å²) in [6.45, 7) is -0.341. The predicted octanol–water partition coefficient (Wildman–Crippen LogP) is 1.69. The fraction of sp³-hybridized carbons (Fsp3) is 0.462. The van der Waals surface area contributed by atoms with E-state index in [9.17, 15) is 22.4 Å². The zero-order chi connectivity index (χ0) is 16.2. The quantitative estimate of drug-likeness (QED) is 0.829. The molecule has 22 heavy (non-hydrogen) atoms. The molecule has 1 aromatic carbocycles. The molecule has 9 heteroatoms. The number of hydrogen-bond donors (Lipinski definition) is 2. The number of nitrogens with one attached hydrogen (secondary N) is 2. The van der Waals surface area contributed by atoms with E-state index in [0.29, 0.717) is 13.2 Å². The van der Waals surface area contributed by atoms with E-state index in [-0.39, 0.29) is 12.2 Å². The third-order valence-corrected chi connectivity index (χ3v) is 2.81. The molecule has 122 valence electrons. The lowest BCUT2D eigenvalue weighted by atomic mass is 10.2. The Hall–Kier alpha value is -1.87. The Morgan fingerprint density at radius 3 is 2.86 bits per heavy atom. The molecule has 2 N–H and O–H groups in total. The molecule has 1 aromatic rings. The molecule has 1 amide bonds. The number of anilines is 1. The second kappa shape index (κ2) is 6.93. The molecule has 0 aromatic heterocycles. The van der Waals surface area contributed by atoms with Gasteiger partial charge in [-0.1, -0.05) is 0 Å². The first-order valence-electron chi connectivity index (χ1n) is 6.47. The fourth-order valence-corrected chi connectivity index (χ4v) is 1.83. The number of rotatable bonds is 4. The molecule has 1 aliphatic heterocycles. The van der Waals surface area contributed by atoms with Crippen LogP contribution in [0.2, 0.25) is 0 Å². The van der Waals surface area contributed by atoms with Gasteiger partial charge in [0.05, 0.1) is 12.3 Å². The minimum atomic E-state index is -4.57. The molecule has 1 unspecified atom stereocenters. The van der Waals surface area contributed by atoms with Gasteiger partial charge in [0.2, 0.25) is 0 Å². The number of amides is 1. The third kappa shape index (κ3) is 4.85. The van der Waals surface area contributed by atoms with Gasteiger partial charge in [0.15, 0.2) is 6.61 Å². The minimum Gasteiger partial charge on any atom is -0.482 e. The molecule has 2 rings (SSSR count). The third-order valence-electron chi connectivity index (χ3n) is 2.81. The molecule has 5 nitrogen and oxygen atoms in total. The SMILES string of the molecule is O=C(Nc1ccc(F)cc1OCC(F)(F)F)C1CNCCO1. The highest BCUT2D eigenvalue weighted by molar-refractivity contribution is 5.95. The number of ether oxygens (including phenoxy) is 2. The van der Waals surface area contributed by atoms with Crippen LogP contribution in [-0.2, 0) is 9.53 Å². The summed E-state index contributed by atoms with van der Waals surface area (Å²) in [7, 11) is 0. The number of halogens is 4. The highest BCUT2D eigenvalue weighted by Gasteiger charge is 2.29. The van der Waals surface area contributed by atoms with E-state index >= 15 is 0 Å². The molecule has 1 atom stereocenters. The van der Waals surface area contributed by atoms with Gasteiger partial charge >= 0.3 is 6.18 Å². The average Bonchev–Trinajstić information content (AvgIpc) is 2.47. The van der Waals surface area contributed by atoms with Gasteiger partial charge in [-0.15, -0.1) is 0 Å². The van der Waals surface area contributed by atoms with E-state index in [0.717, 1.165) is 18.2 Å². The first kappa shape index (κ1) is 16.5.